The third-order valence-corrected chi connectivity index (χ3v) is 4.30. The quantitative estimate of drug-likeness (QED) is 0.614. The first-order valence-electron chi connectivity index (χ1n) is 7.89. The molecule has 2 heterocycles. The van der Waals surface area contributed by atoms with Crippen LogP contribution in [0, 0.1) is 6.92 Å². The van der Waals surface area contributed by atoms with Gasteiger partial charge in [0.2, 0.25) is 0 Å². The average molecular weight is 332 g/mol. The van der Waals surface area contributed by atoms with Crippen molar-refractivity contribution in [2.75, 3.05) is 5.32 Å². The summed E-state index contributed by atoms with van der Waals surface area (Å²) in [6.07, 6.45) is 1.59. The molecule has 6 heteroatoms. The zero-order valence-electron chi connectivity index (χ0n) is 13.9. The van der Waals surface area contributed by atoms with E-state index in [1.807, 2.05) is 31.2 Å². The number of aromatic nitrogens is 3. The number of anilines is 1. The first kappa shape index (κ1) is 15.1. The second-order valence-corrected chi connectivity index (χ2v) is 6.02. The molecule has 0 bridgehead atoms. The Labute approximate surface area is 143 Å². The van der Waals surface area contributed by atoms with Crippen LogP contribution >= 0.6 is 0 Å². The topological polar surface area (TPSA) is 68.4 Å². The van der Waals surface area contributed by atoms with Gasteiger partial charge in [-0.2, -0.15) is 5.10 Å². The van der Waals surface area contributed by atoms with Crippen LogP contribution in [0.1, 0.15) is 15.9 Å². The van der Waals surface area contributed by atoms with Crippen molar-refractivity contribution in [3.8, 4) is 0 Å². The van der Waals surface area contributed by atoms with Gasteiger partial charge in [-0.15, -0.1) is 0 Å². The zero-order valence-corrected chi connectivity index (χ0v) is 13.9. The van der Waals surface area contributed by atoms with E-state index in [0.717, 1.165) is 16.8 Å². The van der Waals surface area contributed by atoms with Gasteiger partial charge in [0.25, 0.3) is 11.5 Å². The first-order valence-corrected chi connectivity index (χ1v) is 7.89. The summed E-state index contributed by atoms with van der Waals surface area (Å²) in [5, 5.41) is 7.07. The Balaban J connectivity index is 1.79. The molecule has 0 aliphatic rings. The Morgan fingerprint density at radius 3 is 2.52 bits per heavy atom. The van der Waals surface area contributed by atoms with Crippen molar-refractivity contribution < 1.29 is 4.79 Å². The van der Waals surface area contributed by atoms with Gasteiger partial charge in [-0.05, 0) is 43.3 Å². The minimum absolute atomic E-state index is 0.152. The average Bonchev–Trinajstić information content (AvgIpc) is 3.11. The molecule has 25 heavy (non-hydrogen) atoms. The van der Waals surface area contributed by atoms with E-state index in [0.29, 0.717) is 16.6 Å². The highest BCUT2D eigenvalue weighted by atomic mass is 16.1. The predicted molar refractivity (Wildman–Crippen MR) is 97.1 cm³/mol. The molecule has 0 radical (unpaired) electrons. The molecule has 0 aliphatic carbocycles. The predicted octanol–water partition coefficient (Wildman–Crippen LogP) is 2.75. The Morgan fingerprint density at radius 2 is 1.76 bits per heavy atom. The van der Waals surface area contributed by atoms with Crippen LogP contribution in [-0.2, 0) is 7.05 Å². The normalized spacial score (nSPS) is 11.1. The SMILES string of the molecule is Cc1ccc(NC(=O)c2ccc3c(c2)n(C)c(=O)c2ccnn23)cc1. The van der Waals surface area contributed by atoms with E-state index in [-0.39, 0.29) is 11.5 Å². The van der Waals surface area contributed by atoms with Gasteiger partial charge < -0.3 is 9.88 Å². The van der Waals surface area contributed by atoms with Crippen LogP contribution in [0.25, 0.3) is 16.6 Å². The number of rotatable bonds is 2. The van der Waals surface area contributed by atoms with E-state index in [9.17, 15) is 9.59 Å². The third kappa shape index (κ3) is 2.48. The maximum atomic E-state index is 12.5. The number of carbonyl (C=O) groups is 1. The highest BCUT2D eigenvalue weighted by Crippen LogP contribution is 2.17. The molecular weight excluding hydrogens is 316 g/mol. The van der Waals surface area contributed by atoms with Gasteiger partial charge in [0.1, 0.15) is 5.52 Å². The molecular formula is C19H16N4O2. The van der Waals surface area contributed by atoms with Gasteiger partial charge in [-0.25, -0.2) is 4.52 Å². The highest BCUT2D eigenvalue weighted by Gasteiger charge is 2.12. The number of nitrogens with zero attached hydrogens (tertiary/aromatic N) is 3. The van der Waals surface area contributed by atoms with Gasteiger partial charge >= 0.3 is 0 Å². The van der Waals surface area contributed by atoms with Crippen molar-refractivity contribution in [1.82, 2.24) is 14.2 Å². The maximum Gasteiger partial charge on any atom is 0.276 e. The summed E-state index contributed by atoms with van der Waals surface area (Å²) in [6, 6.07) is 14.5. The Morgan fingerprint density at radius 1 is 1.00 bits per heavy atom. The van der Waals surface area contributed by atoms with E-state index >= 15 is 0 Å². The molecule has 0 atom stereocenters. The fourth-order valence-corrected chi connectivity index (χ4v) is 2.89. The van der Waals surface area contributed by atoms with Crippen LogP contribution in [0.2, 0.25) is 0 Å². The fraction of sp³-hybridized carbons (Fsp3) is 0.105. The molecule has 0 spiro atoms. The van der Waals surface area contributed by atoms with Crippen molar-refractivity contribution in [2.24, 2.45) is 7.05 Å². The molecule has 0 aliphatic heterocycles. The number of carbonyl (C=O) groups excluding carboxylic acids is 1. The minimum atomic E-state index is -0.223. The number of benzene rings is 2. The molecule has 6 nitrogen and oxygen atoms in total. The number of amides is 1. The number of hydrogen-bond acceptors (Lipinski definition) is 3. The lowest BCUT2D eigenvalue weighted by molar-refractivity contribution is 0.102. The molecule has 4 aromatic rings. The van der Waals surface area contributed by atoms with Crippen molar-refractivity contribution in [3.63, 3.8) is 0 Å². The molecule has 1 amide bonds. The van der Waals surface area contributed by atoms with E-state index < -0.39 is 0 Å². The van der Waals surface area contributed by atoms with E-state index in [1.54, 1.807) is 42.0 Å². The van der Waals surface area contributed by atoms with Crippen LogP contribution in [-0.4, -0.2) is 20.1 Å². The van der Waals surface area contributed by atoms with Gasteiger partial charge in [-0.1, -0.05) is 17.7 Å². The van der Waals surface area contributed by atoms with Gasteiger partial charge in [-0.3, -0.25) is 9.59 Å². The van der Waals surface area contributed by atoms with Crippen molar-refractivity contribution in [2.45, 2.75) is 6.92 Å². The molecule has 124 valence electrons. The first-order chi connectivity index (χ1) is 12.0. The summed E-state index contributed by atoms with van der Waals surface area (Å²) < 4.78 is 3.13. The Hall–Kier alpha value is -3.41. The summed E-state index contributed by atoms with van der Waals surface area (Å²) in [7, 11) is 1.69. The van der Waals surface area contributed by atoms with E-state index in [4.69, 9.17) is 0 Å². The second kappa shape index (κ2) is 5.59. The lowest BCUT2D eigenvalue weighted by atomic mass is 10.1. The molecule has 0 saturated heterocycles. The van der Waals surface area contributed by atoms with Crippen LogP contribution in [0.3, 0.4) is 0 Å². The van der Waals surface area contributed by atoms with Crippen LogP contribution in [0.4, 0.5) is 5.69 Å². The van der Waals surface area contributed by atoms with Crippen molar-refractivity contribution in [1.29, 1.82) is 0 Å². The Bertz CT molecular complexity index is 1170. The lowest BCUT2D eigenvalue weighted by Gasteiger charge is -2.10. The molecule has 4 rings (SSSR count). The molecule has 1 N–H and O–H groups in total. The number of hydrogen-bond donors (Lipinski definition) is 1. The summed E-state index contributed by atoms with van der Waals surface area (Å²) >= 11 is 0. The van der Waals surface area contributed by atoms with Crippen molar-refractivity contribution in [3.05, 3.63) is 76.2 Å². The molecule has 0 fully saturated rings. The smallest absolute Gasteiger partial charge is 0.276 e. The summed E-state index contributed by atoms with van der Waals surface area (Å²) in [6.45, 7) is 1.99. The third-order valence-electron chi connectivity index (χ3n) is 4.30. The standard InChI is InChI=1S/C19H16N4O2/c1-12-3-6-14(7-4-12)21-18(24)13-5-8-15-17(11-13)22(2)19(25)16-9-10-20-23(15)16/h3-11H,1-2H3,(H,21,24). The highest BCUT2D eigenvalue weighted by molar-refractivity contribution is 6.06. The summed E-state index contributed by atoms with van der Waals surface area (Å²) in [4.78, 5) is 24.9. The van der Waals surface area contributed by atoms with Crippen LogP contribution in [0.15, 0.2) is 59.5 Å². The van der Waals surface area contributed by atoms with Gasteiger partial charge in [0.05, 0.1) is 17.2 Å². The molecule has 2 aromatic heterocycles. The molecule has 0 unspecified atom stereocenters. The van der Waals surface area contributed by atoms with Gasteiger partial charge in [0, 0.05) is 18.3 Å². The van der Waals surface area contributed by atoms with E-state index in [2.05, 4.69) is 10.4 Å². The lowest BCUT2D eigenvalue weighted by Crippen LogP contribution is -2.20. The van der Waals surface area contributed by atoms with E-state index in [1.165, 1.54) is 4.57 Å². The summed E-state index contributed by atoms with van der Waals surface area (Å²) in [5.74, 6) is -0.223. The number of nitrogens with one attached hydrogen (secondary N) is 1. The maximum absolute atomic E-state index is 12.5. The van der Waals surface area contributed by atoms with Crippen LogP contribution in [0.5, 0.6) is 0 Å². The van der Waals surface area contributed by atoms with Crippen LogP contribution < -0.4 is 10.9 Å². The Kier molecular flexibility index (Phi) is 3.39. The molecule has 0 saturated carbocycles. The van der Waals surface area contributed by atoms with Crippen molar-refractivity contribution >= 4 is 28.1 Å². The summed E-state index contributed by atoms with van der Waals surface area (Å²) in [5.41, 5.74) is 4.11. The van der Waals surface area contributed by atoms with Gasteiger partial charge in [0.15, 0.2) is 0 Å². The largest absolute Gasteiger partial charge is 0.322 e. The monoisotopic (exact) mass is 332 g/mol. The number of aryl methyl sites for hydroxylation is 2. The minimum Gasteiger partial charge on any atom is -0.322 e. The second-order valence-electron chi connectivity index (χ2n) is 6.02. The zero-order chi connectivity index (χ0) is 17.6. The fourth-order valence-electron chi connectivity index (χ4n) is 2.89. The molecule has 2 aromatic carbocycles. The number of fused-ring (bicyclic) bond motifs is 3.